The van der Waals surface area contributed by atoms with Crippen molar-refractivity contribution in [2.45, 2.75) is 33.4 Å². The summed E-state index contributed by atoms with van der Waals surface area (Å²) in [6.07, 6.45) is 0. The monoisotopic (exact) mass is 308 g/mol. The Hall–Kier alpha value is -1.20. The first kappa shape index (κ1) is 13.2. The number of nitrogens with zero attached hydrogens (tertiary/aromatic N) is 3. The lowest BCUT2D eigenvalue weighted by Crippen LogP contribution is -2.11. The summed E-state index contributed by atoms with van der Waals surface area (Å²) in [5, 5.41) is 8.43. The standard InChI is InChI=1S/C13H17BrN4/c1-8(2)18-12(7-15)16-17-13(18)10-5-4-9(3)6-11(10)14/h4-6,8H,7,15H2,1-3H3. The maximum atomic E-state index is 5.71. The summed E-state index contributed by atoms with van der Waals surface area (Å²) < 4.78 is 3.11. The predicted molar refractivity (Wildman–Crippen MR) is 76.2 cm³/mol. The van der Waals surface area contributed by atoms with Gasteiger partial charge in [0.1, 0.15) is 5.82 Å². The first-order valence-corrected chi connectivity index (χ1v) is 6.74. The Morgan fingerprint density at radius 3 is 2.61 bits per heavy atom. The van der Waals surface area contributed by atoms with E-state index >= 15 is 0 Å². The number of aromatic nitrogens is 3. The highest BCUT2D eigenvalue weighted by molar-refractivity contribution is 9.10. The molecule has 0 radical (unpaired) electrons. The van der Waals surface area contributed by atoms with Crippen molar-refractivity contribution in [3.8, 4) is 11.4 Å². The number of hydrogen-bond acceptors (Lipinski definition) is 3. The van der Waals surface area contributed by atoms with Crippen molar-refractivity contribution >= 4 is 15.9 Å². The van der Waals surface area contributed by atoms with Crippen LogP contribution in [0.1, 0.15) is 31.3 Å². The van der Waals surface area contributed by atoms with Crippen molar-refractivity contribution in [1.82, 2.24) is 14.8 Å². The molecule has 0 aliphatic carbocycles. The van der Waals surface area contributed by atoms with Gasteiger partial charge in [0, 0.05) is 16.1 Å². The second kappa shape index (κ2) is 5.20. The molecule has 0 atom stereocenters. The van der Waals surface area contributed by atoms with Crippen molar-refractivity contribution in [3.63, 3.8) is 0 Å². The van der Waals surface area contributed by atoms with Crippen LogP contribution < -0.4 is 5.73 Å². The Morgan fingerprint density at radius 1 is 1.33 bits per heavy atom. The van der Waals surface area contributed by atoms with E-state index in [1.165, 1.54) is 5.56 Å². The third-order valence-electron chi connectivity index (χ3n) is 2.83. The molecule has 0 aliphatic rings. The number of aryl methyl sites for hydroxylation is 1. The van der Waals surface area contributed by atoms with Crippen LogP contribution in [0.2, 0.25) is 0 Å². The Balaban J connectivity index is 2.60. The fourth-order valence-corrected chi connectivity index (χ4v) is 2.66. The minimum absolute atomic E-state index is 0.279. The molecule has 18 heavy (non-hydrogen) atoms. The van der Waals surface area contributed by atoms with E-state index in [0.717, 1.165) is 21.7 Å². The SMILES string of the molecule is Cc1ccc(-c2nnc(CN)n2C(C)C)c(Br)c1. The maximum absolute atomic E-state index is 5.71. The smallest absolute Gasteiger partial charge is 0.165 e. The van der Waals surface area contributed by atoms with Gasteiger partial charge in [-0.05, 0) is 38.5 Å². The van der Waals surface area contributed by atoms with Crippen LogP contribution in [0.15, 0.2) is 22.7 Å². The molecule has 0 bridgehead atoms. The molecule has 0 amide bonds. The van der Waals surface area contributed by atoms with Crippen LogP contribution in [0.5, 0.6) is 0 Å². The van der Waals surface area contributed by atoms with Gasteiger partial charge in [-0.1, -0.05) is 22.0 Å². The summed E-state index contributed by atoms with van der Waals surface area (Å²) in [5.74, 6) is 1.67. The Bertz CT molecular complexity index is 560. The quantitative estimate of drug-likeness (QED) is 0.948. The minimum atomic E-state index is 0.279. The van der Waals surface area contributed by atoms with Gasteiger partial charge in [0.2, 0.25) is 0 Å². The molecule has 2 aromatic rings. The summed E-state index contributed by atoms with van der Waals surface area (Å²) in [7, 11) is 0. The number of rotatable bonds is 3. The van der Waals surface area contributed by atoms with Crippen LogP contribution in [0.3, 0.4) is 0 Å². The van der Waals surface area contributed by atoms with Crippen LogP contribution in [0.25, 0.3) is 11.4 Å². The molecule has 0 saturated heterocycles. The second-order valence-electron chi connectivity index (χ2n) is 4.59. The van der Waals surface area contributed by atoms with E-state index in [2.05, 4.69) is 69.7 Å². The molecule has 96 valence electrons. The summed E-state index contributed by atoms with van der Waals surface area (Å²) in [4.78, 5) is 0. The van der Waals surface area contributed by atoms with Crippen LogP contribution >= 0.6 is 15.9 Å². The summed E-state index contributed by atoms with van der Waals surface area (Å²) in [6, 6.07) is 6.49. The first-order chi connectivity index (χ1) is 8.54. The number of hydrogen-bond donors (Lipinski definition) is 1. The van der Waals surface area contributed by atoms with Gasteiger partial charge in [0.05, 0.1) is 6.54 Å². The van der Waals surface area contributed by atoms with Crippen LogP contribution in [0.4, 0.5) is 0 Å². The molecule has 2 N–H and O–H groups in total. The van der Waals surface area contributed by atoms with Crippen molar-refractivity contribution in [2.24, 2.45) is 5.73 Å². The van der Waals surface area contributed by atoms with Gasteiger partial charge in [-0.25, -0.2) is 0 Å². The van der Waals surface area contributed by atoms with Crippen molar-refractivity contribution in [1.29, 1.82) is 0 Å². The van der Waals surface area contributed by atoms with Crippen molar-refractivity contribution in [3.05, 3.63) is 34.1 Å². The minimum Gasteiger partial charge on any atom is -0.324 e. The van der Waals surface area contributed by atoms with E-state index in [0.29, 0.717) is 6.54 Å². The fraction of sp³-hybridized carbons (Fsp3) is 0.385. The summed E-state index contributed by atoms with van der Waals surface area (Å²) in [5.41, 5.74) is 7.96. The molecule has 1 aromatic carbocycles. The normalized spacial score (nSPS) is 11.2. The fourth-order valence-electron chi connectivity index (χ4n) is 1.99. The maximum Gasteiger partial charge on any atom is 0.165 e. The third kappa shape index (κ3) is 2.33. The molecule has 0 aliphatic heterocycles. The van der Waals surface area contributed by atoms with Gasteiger partial charge in [-0.15, -0.1) is 10.2 Å². The second-order valence-corrected chi connectivity index (χ2v) is 5.45. The molecule has 0 saturated carbocycles. The molecule has 0 unspecified atom stereocenters. The number of nitrogens with two attached hydrogens (primary N) is 1. The first-order valence-electron chi connectivity index (χ1n) is 5.95. The number of halogens is 1. The zero-order chi connectivity index (χ0) is 13.3. The predicted octanol–water partition coefficient (Wildman–Crippen LogP) is 3.06. The van der Waals surface area contributed by atoms with Gasteiger partial charge in [0.15, 0.2) is 5.82 Å². The van der Waals surface area contributed by atoms with Crippen LogP contribution in [0, 0.1) is 6.92 Å². The summed E-state index contributed by atoms with van der Waals surface area (Å²) in [6.45, 7) is 6.67. The lowest BCUT2D eigenvalue weighted by Gasteiger charge is -2.14. The molecule has 0 fully saturated rings. The molecule has 2 rings (SSSR count). The summed E-state index contributed by atoms with van der Waals surface area (Å²) >= 11 is 3.59. The highest BCUT2D eigenvalue weighted by Crippen LogP contribution is 2.29. The van der Waals surface area contributed by atoms with Gasteiger partial charge >= 0.3 is 0 Å². The lowest BCUT2D eigenvalue weighted by molar-refractivity contribution is 0.574. The van der Waals surface area contributed by atoms with Gasteiger partial charge in [-0.2, -0.15) is 0 Å². The highest BCUT2D eigenvalue weighted by atomic mass is 79.9. The zero-order valence-electron chi connectivity index (χ0n) is 10.8. The lowest BCUT2D eigenvalue weighted by atomic mass is 10.1. The molecular formula is C13H17BrN4. The van der Waals surface area contributed by atoms with E-state index < -0.39 is 0 Å². The van der Waals surface area contributed by atoms with E-state index in [1.54, 1.807) is 0 Å². The molecule has 1 aromatic heterocycles. The van der Waals surface area contributed by atoms with Crippen molar-refractivity contribution < 1.29 is 0 Å². The molecule has 1 heterocycles. The average Bonchev–Trinajstić information content (AvgIpc) is 2.72. The zero-order valence-corrected chi connectivity index (χ0v) is 12.4. The van der Waals surface area contributed by atoms with Crippen molar-refractivity contribution in [2.75, 3.05) is 0 Å². The van der Waals surface area contributed by atoms with Crippen LogP contribution in [-0.2, 0) is 6.54 Å². The third-order valence-corrected chi connectivity index (χ3v) is 3.49. The molecule has 5 heteroatoms. The van der Waals surface area contributed by atoms with Gasteiger partial charge < -0.3 is 10.3 Å². The van der Waals surface area contributed by atoms with Gasteiger partial charge in [0.25, 0.3) is 0 Å². The van der Waals surface area contributed by atoms with Crippen LogP contribution in [-0.4, -0.2) is 14.8 Å². The molecular weight excluding hydrogens is 292 g/mol. The van der Waals surface area contributed by atoms with E-state index in [4.69, 9.17) is 5.73 Å². The number of benzene rings is 1. The highest BCUT2D eigenvalue weighted by Gasteiger charge is 2.17. The Morgan fingerprint density at radius 2 is 2.06 bits per heavy atom. The van der Waals surface area contributed by atoms with Gasteiger partial charge in [-0.3, -0.25) is 0 Å². The molecule has 4 nitrogen and oxygen atoms in total. The Kier molecular flexibility index (Phi) is 3.82. The van der Waals surface area contributed by atoms with E-state index in [9.17, 15) is 0 Å². The largest absolute Gasteiger partial charge is 0.324 e. The van der Waals surface area contributed by atoms with E-state index in [1.807, 2.05) is 0 Å². The Labute approximate surface area is 115 Å². The van der Waals surface area contributed by atoms with E-state index in [-0.39, 0.29) is 6.04 Å². The average molecular weight is 309 g/mol. The molecule has 0 spiro atoms. The topological polar surface area (TPSA) is 56.7 Å².